The minimum Gasteiger partial charge on any atom is -0.321 e. The van der Waals surface area contributed by atoms with Gasteiger partial charge in [0.05, 0.1) is 10.9 Å². The molecule has 0 radical (unpaired) electrons. The van der Waals surface area contributed by atoms with Crippen LogP contribution in [0.25, 0.3) is 0 Å². The highest BCUT2D eigenvalue weighted by molar-refractivity contribution is 7.89. The first-order chi connectivity index (χ1) is 13.3. The van der Waals surface area contributed by atoms with Crippen LogP contribution in [0, 0.1) is 5.82 Å². The Kier molecular flexibility index (Phi) is 6.12. The van der Waals surface area contributed by atoms with Crippen LogP contribution in [-0.2, 0) is 21.4 Å². The predicted octanol–water partition coefficient (Wildman–Crippen LogP) is 1.26. The molecule has 2 aromatic carbocycles. The maximum atomic E-state index is 13.1. The number of nitrogens with one attached hydrogen (secondary N) is 2. The highest BCUT2D eigenvalue weighted by Crippen LogP contribution is 2.18. The number of hydrogen-bond acceptors (Lipinski definition) is 3. The molecule has 1 saturated carbocycles. The van der Waals surface area contributed by atoms with E-state index >= 15 is 0 Å². The van der Waals surface area contributed by atoms with Gasteiger partial charge in [0, 0.05) is 38.2 Å². The maximum Gasteiger partial charge on any atom is 0.279 e. The molecule has 0 heterocycles. The average molecular weight is 407 g/mol. The number of anilines is 1. The number of carbonyl (C=O) groups excluding carboxylic acids is 1. The standard InChI is InChI=1S/C20H24FN3O3S/c1-23(2)28(26,27)19-5-3-4-17(12-19)22-20(25)14-24(18-10-11-18)13-15-6-8-16(21)9-7-15/h3-9,12,18H,10-11,13-14H2,1-2H3,(H,22,25)/p+1. The summed E-state index contributed by atoms with van der Waals surface area (Å²) in [5, 5.41) is 2.80. The van der Waals surface area contributed by atoms with Crippen molar-refractivity contribution in [3.8, 4) is 0 Å². The quantitative estimate of drug-likeness (QED) is 0.694. The lowest BCUT2D eigenvalue weighted by molar-refractivity contribution is -0.916. The Morgan fingerprint density at radius 1 is 1.18 bits per heavy atom. The Morgan fingerprint density at radius 2 is 1.86 bits per heavy atom. The van der Waals surface area contributed by atoms with E-state index in [1.54, 1.807) is 24.3 Å². The van der Waals surface area contributed by atoms with E-state index in [-0.39, 0.29) is 23.2 Å². The molecule has 3 rings (SSSR count). The Hall–Kier alpha value is -2.29. The summed E-state index contributed by atoms with van der Waals surface area (Å²) >= 11 is 0. The number of carbonyl (C=O) groups is 1. The molecule has 28 heavy (non-hydrogen) atoms. The van der Waals surface area contributed by atoms with Crippen molar-refractivity contribution in [3.05, 3.63) is 59.9 Å². The highest BCUT2D eigenvalue weighted by Gasteiger charge is 2.34. The first-order valence-electron chi connectivity index (χ1n) is 9.17. The molecule has 1 aliphatic carbocycles. The van der Waals surface area contributed by atoms with Crippen molar-refractivity contribution in [2.75, 3.05) is 26.0 Å². The van der Waals surface area contributed by atoms with Crippen LogP contribution in [0.2, 0.25) is 0 Å². The zero-order valence-corrected chi connectivity index (χ0v) is 16.8. The zero-order valence-electron chi connectivity index (χ0n) is 16.0. The van der Waals surface area contributed by atoms with Gasteiger partial charge in [0.1, 0.15) is 12.4 Å². The van der Waals surface area contributed by atoms with Gasteiger partial charge in [-0.25, -0.2) is 17.1 Å². The van der Waals surface area contributed by atoms with Gasteiger partial charge >= 0.3 is 0 Å². The third kappa shape index (κ3) is 5.15. The lowest BCUT2D eigenvalue weighted by atomic mass is 10.2. The number of benzene rings is 2. The molecule has 0 saturated heterocycles. The van der Waals surface area contributed by atoms with Gasteiger partial charge in [-0.15, -0.1) is 0 Å². The third-order valence-corrected chi connectivity index (χ3v) is 6.59. The zero-order chi connectivity index (χ0) is 20.3. The molecule has 6 nitrogen and oxygen atoms in total. The van der Waals surface area contributed by atoms with Gasteiger partial charge < -0.3 is 10.2 Å². The lowest BCUT2D eigenvalue weighted by Crippen LogP contribution is -3.13. The van der Waals surface area contributed by atoms with E-state index in [0.29, 0.717) is 18.3 Å². The molecule has 0 spiro atoms. The molecule has 1 amide bonds. The van der Waals surface area contributed by atoms with Gasteiger partial charge in [-0.2, -0.15) is 0 Å². The fraction of sp³-hybridized carbons (Fsp3) is 0.350. The molecule has 2 aromatic rings. The fourth-order valence-electron chi connectivity index (χ4n) is 3.06. The number of halogens is 1. The average Bonchev–Trinajstić information content (AvgIpc) is 3.48. The molecule has 0 aromatic heterocycles. The van der Waals surface area contributed by atoms with Crippen LogP contribution in [0.5, 0.6) is 0 Å². The number of hydrogen-bond donors (Lipinski definition) is 2. The van der Waals surface area contributed by atoms with Crippen LogP contribution < -0.4 is 10.2 Å². The molecule has 0 bridgehead atoms. The smallest absolute Gasteiger partial charge is 0.279 e. The molecule has 150 valence electrons. The maximum absolute atomic E-state index is 13.1. The summed E-state index contributed by atoms with van der Waals surface area (Å²) in [7, 11) is -0.629. The Morgan fingerprint density at radius 3 is 2.46 bits per heavy atom. The summed E-state index contributed by atoms with van der Waals surface area (Å²) in [4.78, 5) is 13.8. The normalized spacial score (nSPS) is 15.4. The van der Waals surface area contributed by atoms with Crippen LogP contribution >= 0.6 is 0 Å². The molecule has 1 fully saturated rings. The van der Waals surface area contributed by atoms with Crippen molar-refractivity contribution < 1.29 is 22.5 Å². The molecule has 1 unspecified atom stereocenters. The van der Waals surface area contributed by atoms with E-state index in [2.05, 4.69) is 5.32 Å². The summed E-state index contributed by atoms with van der Waals surface area (Å²) in [6.07, 6.45) is 2.14. The number of nitrogens with zero attached hydrogens (tertiary/aromatic N) is 1. The monoisotopic (exact) mass is 406 g/mol. The van der Waals surface area contributed by atoms with Gasteiger partial charge in [-0.1, -0.05) is 18.2 Å². The van der Waals surface area contributed by atoms with Gasteiger partial charge in [-0.3, -0.25) is 4.79 Å². The van der Waals surface area contributed by atoms with Crippen LogP contribution in [0.1, 0.15) is 18.4 Å². The highest BCUT2D eigenvalue weighted by atomic mass is 32.2. The second-order valence-corrected chi connectivity index (χ2v) is 9.43. The first-order valence-corrected chi connectivity index (χ1v) is 10.6. The van der Waals surface area contributed by atoms with Crippen LogP contribution in [0.3, 0.4) is 0 Å². The summed E-state index contributed by atoms with van der Waals surface area (Å²) in [5.41, 5.74) is 1.43. The Bertz CT molecular complexity index is 941. The van der Waals surface area contributed by atoms with E-state index in [4.69, 9.17) is 0 Å². The minimum atomic E-state index is -3.56. The van der Waals surface area contributed by atoms with Gasteiger partial charge in [0.2, 0.25) is 10.0 Å². The summed E-state index contributed by atoms with van der Waals surface area (Å²) < 4.78 is 38.7. The van der Waals surface area contributed by atoms with E-state index in [1.165, 1.54) is 38.4 Å². The van der Waals surface area contributed by atoms with E-state index in [9.17, 15) is 17.6 Å². The van der Waals surface area contributed by atoms with Crippen molar-refractivity contribution in [1.82, 2.24) is 4.31 Å². The van der Waals surface area contributed by atoms with Crippen LogP contribution in [-0.4, -0.2) is 45.3 Å². The van der Waals surface area contributed by atoms with Crippen molar-refractivity contribution in [3.63, 3.8) is 0 Å². The van der Waals surface area contributed by atoms with Gasteiger partial charge in [0.25, 0.3) is 5.91 Å². The van der Waals surface area contributed by atoms with E-state index < -0.39 is 10.0 Å². The minimum absolute atomic E-state index is 0.132. The van der Waals surface area contributed by atoms with Crippen molar-refractivity contribution in [2.45, 2.75) is 30.3 Å². The molecule has 8 heteroatoms. The predicted molar refractivity (Wildman–Crippen MR) is 105 cm³/mol. The largest absolute Gasteiger partial charge is 0.321 e. The van der Waals surface area contributed by atoms with Crippen molar-refractivity contribution in [2.24, 2.45) is 0 Å². The van der Waals surface area contributed by atoms with E-state index in [0.717, 1.165) is 27.6 Å². The lowest BCUT2D eigenvalue weighted by Gasteiger charge is -2.19. The Balaban J connectivity index is 1.66. The first kappa shape index (κ1) is 20.4. The SMILES string of the molecule is CN(C)S(=O)(=O)c1cccc(NC(=O)C[NH+](Cc2ccc(F)cc2)C2CC2)c1. The van der Waals surface area contributed by atoms with Crippen molar-refractivity contribution in [1.29, 1.82) is 0 Å². The molecular weight excluding hydrogens is 381 g/mol. The fourth-order valence-corrected chi connectivity index (χ4v) is 4.01. The summed E-state index contributed by atoms with van der Waals surface area (Å²) in [6, 6.07) is 13.0. The van der Waals surface area contributed by atoms with Crippen LogP contribution in [0.15, 0.2) is 53.4 Å². The molecule has 1 aliphatic rings. The van der Waals surface area contributed by atoms with E-state index in [1.807, 2.05) is 0 Å². The second kappa shape index (κ2) is 8.38. The summed E-state index contributed by atoms with van der Waals surface area (Å²) in [5.74, 6) is -0.453. The molecular formula is C20H25FN3O3S+. The summed E-state index contributed by atoms with van der Waals surface area (Å²) in [6.45, 7) is 0.917. The third-order valence-electron chi connectivity index (χ3n) is 4.78. The van der Waals surface area contributed by atoms with Gasteiger partial charge in [-0.05, 0) is 30.3 Å². The van der Waals surface area contributed by atoms with Crippen LogP contribution in [0.4, 0.5) is 10.1 Å². The topological polar surface area (TPSA) is 70.9 Å². The van der Waals surface area contributed by atoms with Gasteiger partial charge in [0.15, 0.2) is 6.54 Å². The molecule has 0 aliphatic heterocycles. The Labute approximate surface area is 165 Å². The number of rotatable bonds is 8. The number of amides is 1. The second-order valence-electron chi connectivity index (χ2n) is 7.28. The molecule has 2 N–H and O–H groups in total. The molecule has 1 atom stereocenters. The number of sulfonamides is 1. The van der Waals surface area contributed by atoms with Crippen molar-refractivity contribution >= 4 is 21.6 Å². The number of quaternary nitrogens is 1.